The zero-order valence-electron chi connectivity index (χ0n) is 27.2. The van der Waals surface area contributed by atoms with Crippen LogP contribution in [-0.4, -0.2) is 69.4 Å². The molecule has 2 amide bonds. The number of sulfonamides is 1. The monoisotopic (exact) mass is 693 g/mol. The van der Waals surface area contributed by atoms with Crippen molar-refractivity contribution < 1.29 is 27.5 Å². The van der Waals surface area contributed by atoms with Crippen LogP contribution in [0.2, 0.25) is 5.02 Å². The van der Waals surface area contributed by atoms with Crippen molar-refractivity contribution in [3.8, 4) is 11.5 Å². The number of amides is 2. The van der Waals surface area contributed by atoms with Crippen molar-refractivity contribution in [1.29, 1.82) is 0 Å². The number of rotatable bonds is 14. The fraction of sp³-hybridized carbons (Fsp3) is 0.343. The first-order valence-corrected chi connectivity index (χ1v) is 17.6. The van der Waals surface area contributed by atoms with Gasteiger partial charge in [0.1, 0.15) is 11.5 Å². The summed E-state index contributed by atoms with van der Waals surface area (Å²) < 4.78 is 39.6. The van der Waals surface area contributed by atoms with Crippen molar-refractivity contribution in [3.63, 3.8) is 0 Å². The van der Waals surface area contributed by atoms with Gasteiger partial charge in [-0.3, -0.25) is 14.6 Å². The largest absolute Gasteiger partial charge is 0.497 e. The van der Waals surface area contributed by atoms with E-state index in [1.54, 1.807) is 36.4 Å². The summed E-state index contributed by atoms with van der Waals surface area (Å²) in [6.45, 7) is 2.11. The number of aryl methyl sites for hydroxylation is 1. The van der Waals surface area contributed by atoms with Gasteiger partial charge < -0.3 is 25.4 Å². The number of pyridine rings is 1. The molecule has 48 heavy (non-hydrogen) atoms. The molecule has 0 unspecified atom stereocenters. The zero-order valence-corrected chi connectivity index (χ0v) is 28.8. The highest BCUT2D eigenvalue weighted by Gasteiger charge is 2.26. The normalized spacial score (nSPS) is 13.4. The van der Waals surface area contributed by atoms with Crippen molar-refractivity contribution in [2.75, 3.05) is 44.5 Å². The number of carbonyl (C=O) groups excluding carboxylic acids is 2. The van der Waals surface area contributed by atoms with Crippen molar-refractivity contribution in [1.82, 2.24) is 14.6 Å². The molecule has 3 N–H and O–H groups in total. The van der Waals surface area contributed by atoms with Gasteiger partial charge in [-0.1, -0.05) is 24.4 Å². The Hall–Kier alpha value is -4.39. The van der Waals surface area contributed by atoms with Crippen molar-refractivity contribution in [3.05, 3.63) is 83.0 Å². The van der Waals surface area contributed by atoms with E-state index >= 15 is 0 Å². The highest BCUT2D eigenvalue weighted by atomic mass is 35.5. The molecule has 254 valence electrons. The highest BCUT2D eigenvalue weighted by Crippen LogP contribution is 2.28. The van der Waals surface area contributed by atoms with Gasteiger partial charge in [-0.05, 0) is 86.5 Å². The Morgan fingerprint density at radius 2 is 1.69 bits per heavy atom. The summed E-state index contributed by atoms with van der Waals surface area (Å²) in [5.74, 6) is 0.249. The summed E-state index contributed by atoms with van der Waals surface area (Å²) in [4.78, 5) is 30.6. The Morgan fingerprint density at radius 1 is 0.938 bits per heavy atom. The van der Waals surface area contributed by atoms with Gasteiger partial charge in [0, 0.05) is 59.5 Å². The number of hydrogen-bond donors (Lipinski definition) is 3. The van der Waals surface area contributed by atoms with Gasteiger partial charge in [0.15, 0.2) is 0 Å². The van der Waals surface area contributed by atoms with Gasteiger partial charge in [-0.2, -0.15) is 4.31 Å². The third-order valence-corrected chi connectivity index (χ3v) is 10.4. The fourth-order valence-corrected chi connectivity index (χ4v) is 7.37. The summed E-state index contributed by atoms with van der Waals surface area (Å²) in [6.07, 6.45) is 4.01. The molecule has 1 aromatic heterocycles. The van der Waals surface area contributed by atoms with E-state index in [1.807, 2.05) is 25.1 Å². The average molecular weight is 694 g/mol. The maximum Gasteiger partial charge on any atom is 0.251 e. The average Bonchev–Trinajstić information content (AvgIpc) is 3.59. The van der Waals surface area contributed by atoms with Crippen LogP contribution in [0.25, 0.3) is 10.9 Å². The molecule has 0 radical (unpaired) electrons. The van der Waals surface area contributed by atoms with Gasteiger partial charge in [0.25, 0.3) is 5.91 Å². The molecule has 0 bridgehead atoms. The number of aromatic nitrogens is 1. The first-order valence-electron chi connectivity index (χ1n) is 15.8. The lowest BCUT2D eigenvalue weighted by Crippen LogP contribution is -2.37. The first-order chi connectivity index (χ1) is 23.1. The van der Waals surface area contributed by atoms with E-state index in [-0.39, 0.29) is 42.9 Å². The molecule has 1 saturated carbocycles. The molecule has 1 aliphatic carbocycles. The van der Waals surface area contributed by atoms with Crippen molar-refractivity contribution in [2.24, 2.45) is 0 Å². The maximum atomic E-state index is 13.8. The molecule has 0 atom stereocenters. The Balaban J connectivity index is 1.29. The molecule has 0 spiro atoms. The predicted octanol–water partition coefficient (Wildman–Crippen LogP) is 6.02. The molecule has 3 aromatic carbocycles. The molecule has 13 heteroatoms. The molecule has 1 heterocycles. The zero-order chi connectivity index (χ0) is 34.3. The second-order valence-electron chi connectivity index (χ2n) is 11.6. The van der Waals surface area contributed by atoms with E-state index < -0.39 is 15.9 Å². The number of hydrogen-bond acceptors (Lipinski definition) is 8. The number of fused-ring (bicyclic) bond motifs is 1. The SMILES string of the molecule is COc1ccc(S(=O)(=O)N(CCNc2cc(C)nc3ccc(Cl)cc23)CCC(=O)Nc2ccc(C(=O)NC3CCCC3)cc2OC)cc1. The van der Waals surface area contributed by atoms with E-state index in [9.17, 15) is 18.0 Å². The Kier molecular flexibility index (Phi) is 11.4. The molecule has 1 aliphatic rings. The lowest BCUT2D eigenvalue weighted by atomic mass is 10.1. The molecule has 0 aliphatic heterocycles. The van der Waals surface area contributed by atoms with Gasteiger partial charge in [0.2, 0.25) is 15.9 Å². The molecular formula is C35H40ClN5O6S. The van der Waals surface area contributed by atoms with Crippen LogP contribution in [-0.2, 0) is 14.8 Å². The lowest BCUT2D eigenvalue weighted by molar-refractivity contribution is -0.116. The number of nitrogens with zero attached hydrogens (tertiary/aromatic N) is 2. The number of nitrogens with one attached hydrogen (secondary N) is 3. The quantitative estimate of drug-likeness (QED) is 0.146. The molecule has 4 aromatic rings. The van der Waals surface area contributed by atoms with E-state index in [2.05, 4.69) is 20.9 Å². The molecular weight excluding hydrogens is 654 g/mol. The van der Waals surface area contributed by atoms with Crippen LogP contribution in [0, 0.1) is 6.92 Å². The molecule has 5 rings (SSSR count). The van der Waals surface area contributed by atoms with E-state index in [0.717, 1.165) is 48.0 Å². The number of benzene rings is 3. The van der Waals surface area contributed by atoms with Crippen LogP contribution in [0.15, 0.2) is 71.6 Å². The maximum absolute atomic E-state index is 13.8. The van der Waals surface area contributed by atoms with Crippen molar-refractivity contribution >= 4 is 55.7 Å². The smallest absolute Gasteiger partial charge is 0.251 e. The molecule has 11 nitrogen and oxygen atoms in total. The second kappa shape index (κ2) is 15.7. The van der Waals surface area contributed by atoms with E-state index in [0.29, 0.717) is 27.8 Å². The number of methoxy groups -OCH3 is 2. The number of anilines is 2. The number of halogens is 1. The summed E-state index contributed by atoms with van der Waals surface area (Å²) >= 11 is 6.25. The minimum Gasteiger partial charge on any atom is -0.497 e. The summed E-state index contributed by atoms with van der Waals surface area (Å²) in [6, 6.07) is 18.4. The summed E-state index contributed by atoms with van der Waals surface area (Å²) in [5.41, 5.74) is 3.14. The number of carbonyl (C=O) groups is 2. The van der Waals surface area contributed by atoms with Crippen LogP contribution >= 0.6 is 11.6 Å². The Labute approximate surface area is 286 Å². The standard InChI is InChI=1S/C35H40ClN5O6S/c1-23-20-32(29-22-25(36)9-15-30(29)38-23)37-17-19-41(48(44,45)28-12-10-27(46-2)11-13-28)18-16-34(42)40-31-14-8-24(21-33(31)47-3)35(43)39-26-6-4-5-7-26/h8-15,20-22,26H,4-7,16-19H2,1-3H3,(H,37,38)(H,39,43)(H,40,42). The highest BCUT2D eigenvalue weighted by molar-refractivity contribution is 7.89. The predicted molar refractivity (Wildman–Crippen MR) is 188 cm³/mol. The minimum atomic E-state index is -3.99. The Bertz CT molecular complexity index is 1880. The van der Waals surface area contributed by atoms with Crippen LogP contribution in [0.1, 0.15) is 48.2 Å². The molecule has 1 fully saturated rings. The molecule has 0 saturated heterocycles. The lowest BCUT2D eigenvalue weighted by Gasteiger charge is -2.23. The van der Waals surface area contributed by atoms with Crippen LogP contribution < -0.4 is 25.4 Å². The van der Waals surface area contributed by atoms with Crippen LogP contribution in [0.3, 0.4) is 0 Å². The van der Waals surface area contributed by atoms with Gasteiger partial charge in [0.05, 0.1) is 30.3 Å². The first kappa shape index (κ1) is 34.9. The van der Waals surface area contributed by atoms with Gasteiger partial charge in [-0.15, -0.1) is 0 Å². The summed E-state index contributed by atoms with van der Waals surface area (Å²) in [5, 5.41) is 10.6. The second-order valence-corrected chi connectivity index (χ2v) is 14.0. The topological polar surface area (TPSA) is 139 Å². The number of ether oxygens (including phenoxy) is 2. The van der Waals surface area contributed by atoms with E-state index in [4.69, 9.17) is 21.1 Å². The minimum absolute atomic E-state index is 0.0686. The fourth-order valence-electron chi connectivity index (χ4n) is 5.75. The third-order valence-electron chi connectivity index (χ3n) is 8.29. The van der Waals surface area contributed by atoms with Gasteiger partial charge in [-0.25, -0.2) is 8.42 Å². The van der Waals surface area contributed by atoms with Crippen molar-refractivity contribution in [2.45, 2.75) is 50.0 Å². The van der Waals surface area contributed by atoms with Crippen LogP contribution in [0.4, 0.5) is 11.4 Å². The van der Waals surface area contributed by atoms with Gasteiger partial charge >= 0.3 is 0 Å². The van der Waals surface area contributed by atoms with E-state index in [1.165, 1.54) is 30.7 Å². The van der Waals surface area contributed by atoms with Crippen LogP contribution in [0.5, 0.6) is 11.5 Å². The Morgan fingerprint density at radius 3 is 2.40 bits per heavy atom. The summed E-state index contributed by atoms with van der Waals surface area (Å²) in [7, 11) is -1.02. The third kappa shape index (κ3) is 8.55.